The fourth-order valence-electron chi connectivity index (χ4n) is 3.05. The molecule has 3 rings (SSSR count). The lowest BCUT2D eigenvalue weighted by atomic mass is 10.0. The number of carbonyl (C=O) groups excluding carboxylic acids is 1. The van der Waals surface area contributed by atoms with Crippen molar-refractivity contribution in [1.82, 2.24) is 10.2 Å². The zero-order valence-corrected chi connectivity index (χ0v) is 12.9. The van der Waals surface area contributed by atoms with Crippen molar-refractivity contribution in [3.63, 3.8) is 0 Å². The van der Waals surface area contributed by atoms with Crippen molar-refractivity contribution in [3.05, 3.63) is 0 Å². The van der Waals surface area contributed by atoms with Crippen molar-refractivity contribution in [2.45, 2.75) is 57.0 Å². The van der Waals surface area contributed by atoms with E-state index in [1.165, 1.54) is 45.6 Å². The van der Waals surface area contributed by atoms with E-state index in [2.05, 4.69) is 10.2 Å². The first-order valence-corrected chi connectivity index (χ1v) is 8.17. The van der Waals surface area contributed by atoms with Crippen LogP contribution in [0.2, 0.25) is 0 Å². The summed E-state index contributed by atoms with van der Waals surface area (Å²) in [4.78, 5) is 14.7. The fraction of sp³-hybridized carbons (Fsp3) is 0.938. The summed E-state index contributed by atoms with van der Waals surface area (Å²) in [6.07, 6.45) is 7.85. The standard InChI is InChI=1S/C16H28N2O2/c1-16(15(19)20-2,17-14-7-8-14)11-18(9-12-3-4-12)10-13-5-6-13/h12-14,17H,3-11H2,1-2H3. The Morgan fingerprint density at radius 3 is 2.10 bits per heavy atom. The summed E-state index contributed by atoms with van der Waals surface area (Å²) in [6, 6.07) is 0.516. The Labute approximate surface area is 122 Å². The molecule has 20 heavy (non-hydrogen) atoms. The van der Waals surface area contributed by atoms with Crippen LogP contribution in [0.1, 0.15) is 45.4 Å². The molecule has 1 N–H and O–H groups in total. The van der Waals surface area contributed by atoms with Gasteiger partial charge in [0.25, 0.3) is 0 Å². The molecule has 0 amide bonds. The second-order valence-corrected chi connectivity index (χ2v) is 7.32. The van der Waals surface area contributed by atoms with Gasteiger partial charge in [-0.2, -0.15) is 0 Å². The molecule has 3 aliphatic rings. The molecule has 4 nitrogen and oxygen atoms in total. The number of esters is 1. The largest absolute Gasteiger partial charge is 0.468 e. The molecule has 0 heterocycles. The van der Waals surface area contributed by atoms with Gasteiger partial charge in [-0.05, 0) is 57.3 Å². The van der Waals surface area contributed by atoms with Gasteiger partial charge in [-0.15, -0.1) is 0 Å². The van der Waals surface area contributed by atoms with E-state index in [0.29, 0.717) is 6.04 Å². The first kappa shape index (κ1) is 14.3. The highest BCUT2D eigenvalue weighted by atomic mass is 16.5. The lowest BCUT2D eigenvalue weighted by Crippen LogP contribution is -2.58. The monoisotopic (exact) mass is 280 g/mol. The van der Waals surface area contributed by atoms with Crippen LogP contribution in [0, 0.1) is 11.8 Å². The van der Waals surface area contributed by atoms with Crippen molar-refractivity contribution < 1.29 is 9.53 Å². The highest BCUT2D eigenvalue weighted by Gasteiger charge is 2.42. The Morgan fingerprint density at radius 1 is 1.15 bits per heavy atom. The summed E-state index contributed by atoms with van der Waals surface area (Å²) < 4.78 is 5.06. The average molecular weight is 280 g/mol. The molecule has 3 aliphatic carbocycles. The van der Waals surface area contributed by atoms with Crippen LogP contribution in [0.15, 0.2) is 0 Å². The zero-order valence-electron chi connectivity index (χ0n) is 12.9. The summed E-state index contributed by atoms with van der Waals surface area (Å²) in [6.45, 7) is 5.14. The fourth-order valence-corrected chi connectivity index (χ4v) is 3.05. The molecule has 0 spiro atoms. The van der Waals surface area contributed by atoms with Crippen LogP contribution in [0.4, 0.5) is 0 Å². The van der Waals surface area contributed by atoms with Gasteiger partial charge in [-0.3, -0.25) is 10.1 Å². The van der Waals surface area contributed by atoms with Crippen LogP contribution in [-0.4, -0.2) is 49.2 Å². The van der Waals surface area contributed by atoms with E-state index in [4.69, 9.17) is 4.74 Å². The van der Waals surface area contributed by atoms with Gasteiger partial charge >= 0.3 is 5.97 Å². The van der Waals surface area contributed by atoms with Crippen LogP contribution >= 0.6 is 0 Å². The second-order valence-electron chi connectivity index (χ2n) is 7.32. The Kier molecular flexibility index (Phi) is 4.04. The molecule has 0 saturated heterocycles. The van der Waals surface area contributed by atoms with Gasteiger partial charge in [0, 0.05) is 25.7 Å². The maximum Gasteiger partial charge on any atom is 0.327 e. The van der Waals surface area contributed by atoms with Crippen molar-refractivity contribution in [3.8, 4) is 0 Å². The number of methoxy groups -OCH3 is 1. The lowest BCUT2D eigenvalue weighted by molar-refractivity contribution is -0.149. The molecule has 0 aliphatic heterocycles. The Bertz CT molecular complexity index is 347. The molecule has 0 aromatic rings. The summed E-state index contributed by atoms with van der Waals surface area (Å²) in [5.74, 6) is 1.63. The molecule has 3 fully saturated rings. The van der Waals surface area contributed by atoms with Gasteiger partial charge in [0.2, 0.25) is 0 Å². The predicted molar refractivity (Wildman–Crippen MR) is 78.5 cm³/mol. The van der Waals surface area contributed by atoms with E-state index in [1.807, 2.05) is 6.92 Å². The third kappa shape index (κ3) is 3.95. The third-order valence-corrected chi connectivity index (χ3v) is 4.70. The summed E-state index contributed by atoms with van der Waals surface area (Å²) in [7, 11) is 1.50. The number of rotatable bonds is 9. The Hall–Kier alpha value is -0.610. The van der Waals surface area contributed by atoms with Gasteiger partial charge in [-0.25, -0.2) is 0 Å². The molecule has 0 aromatic carbocycles. The molecule has 3 saturated carbocycles. The van der Waals surface area contributed by atoms with Gasteiger partial charge in [0.05, 0.1) is 7.11 Å². The Morgan fingerprint density at radius 2 is 1.70 bits per heavy atom. The maximum absolute atomic E-state index is 12.2. The molecule has 0 radical (unpaired) electrons. The zero-order chi connectivity index (χ0) is 14.2. The van der Waals surface area contributed by atoms with E-state index >= 15 is 0 Å². The smallest absolute Gasteiger partial charge is 0.327 e. The minimum atomic E-state index is -0.542. The van der Waals surface area contributed by atoms with Crippen molar-refractivity contribution >= 4 is 5.97 Å². The van der Waals surface area contributed by atoms with Crippen LogP contribution in [0.3, 0.4) is 0 Å². The molecular weight excluding hydrogens is 252 g/mol. The first-order chi connectivity index (χ1) is 9.59. The molecule has 114 valence electrons. The van der Waals surface area contributed by atoms with Gasteiger partial charge in [0.1, 0.15) is 5.54 Å². The average Bonchev–Trinajstić information content (AvgIpc) is 3.22. The first-order valence-electron chi connectivity index (χ1n) is 8.17. The molecule has 0 aromatic heterocycles. The molecule has 4 heteroatoms. The molecular formula is C16H28N2O2. The van der Waals surface area contributed by atoms with Crippen LogP contribution in [-0.2, 0) is 9.53 Å². The van der Waals surface area contributed by atoms with Crippen LogP contribution in [0.25, 0.3) is 0 Å². The molecule has 1 unspecified atom stereocenters. The molecule has 1 atom stereocenters. The highest BCUT2D eigenvalue weighted by Crippen LogP contribution is 2.34. The highest BCUT2D eigenvalue weighted by molar-refractivity contribution is 5.80. The topological polar surface area (TPSA) is 41.6 Å². The van der Waals surface area contributed by atoms with Gasteiger partial charge < -0.3 is 9.64 Å². The minimum absolute atomic E-state index is 0.110. The van der Waals surface area contributed by atoms with Crippen LogP contribution in [0.5, 0.6) is 0 Å². The van der Waals surface area contributed by atoms with Gasteiger partial charge in [0.15, 0.2) is 0 Å². The SMILES string of the molecule is COC(=O)C(C)(CN(CC1CC1)CC1CC1)NC1CC1. The van der Waals surface area contributed by atoms with E-state index in [1.54, 1.807) is 0 Å². The minimum Gasteiger partial charge on any atom is -0.468 e. The van der Waals surface area contributed by atoms with Gasteiger partial charge in [-0.1, -0.05) is 0 Å². The number of nitrogens with zero attached hydrogens (tertiary/aromatic N) is 1. The van der Waals surface area contributed by atoms with E-state index in [-0.39, 0.29) is 5.97 Å². The summed E-state index contributed by atoms with van der Waals surface area (Å²) >= 11 is 0. The molecule has 0 bridgehead atoms. The van der Waals surface area contributed by atoms with E-state index in [0.717, 1.165) is 31.5 Å². The van der Waals surface area contributed by atoms with Crippen molar-refractivity contribution in [1.29, 1.82) is 0 Å². The number of hydrogen-bond acceptors (Lipinski definition) is 4. The maximum atomic E-state index is 12.2. The third-order valence-electron chi connectivity index (χ3n) is 4.70. The number of nitrogens with one attached hydrogen (secondary N) is 1. The number of ether oxygens (including phenoxy) is 1. The van der Waals surface area contributed by atoms with E-state index < -0.39 is 5.54 Å². The Balaban J connectivity index is 1.61. The summed E-state index contributed by atoms with van der Waals surface area (Å²) in [5.41, 5.74) is -0.542. The predicted octanol–water partition coefficient (Wildman–Crippen LogP) is 1.79. The quantitative estimate of drug-likeness (QED) is 0.654. The second kappa shape index (κ2) is 5.64. The van der Waals surface area contributed by atoms with E-state index in [9.17, 15) is 4.79 Å². The number of carbonyl (C=O) groups is 1. The van der Waals surface area contributed by atoms with Crippen molar-refractivity contribution in [2.24, 2.45) is 11.8 Å². The number of hydrogen-bond donors (Lipinski definition) is 1. The van der Waals surface area contributed by atoms with Crippen molar-refractivity contribution in [2.75, 3.05) is 26.7 Å². The van der Waals surface area contributed by atoms with Crippen LogP contribution < -0.4 is 5.32 Å². The summed E-state index contributed by atoms with van der Waals surface area (Å²) in [5, 5.41) is 3.52. The lowest BCUT2D eigenvalue weighted by Gasteiger charge is -2.34. The normalized spacial score (nSPS) is 25.6.